The van der Waals surface area contributed by atoms with Crippen molar-refractivity contribution in [2.75, 3.05) is 26.8 Å². The van der Waals surface area contributed by atoms with Gasteiger partial charge < -0.3 is 9.84 Å². The average molecular weight is 215 g/mol. The van der Waals surface area contributed by atoms with E-state index < -0.39 is 0 Å². The zero-order valence-electron chi connectivity index (χ0n) is 9.45. The highest BCUT2D eigenvalue weighted by molar-refractivity contribution is 5.71. The zero-order chi connectivity index (χ0) is 11.1. The molecule has 1 saturated carbocycles. The lowest BCUT2D eigenvalue weighted by molar-refractivity contribution is -0.142. The smallest absolute Gasteiger partial charge is 0.319 e. The van der Waals surface area contributed by atoms with Crippen LogP contribution in [0.2, 0.25) is 0 Å². The van der Waals surface area contributed by atoms with E-state index in [1.54, 1.807) is 0 Å². The molecule has 88 valence electrons. The fourth-order valence-corrected chi connectivity index (χ4v) is 2.16. The Hall–Kier alpha value is -0.610. The van der Waals surface area contributed by atoms with E-state index in [2.05, 4.69) is 9.64 Å². The molecule has 0 radical (unpaired) electrons. The normalized spacial score (nSPS) is 17.3. The third-order valence-corrected chi connectivity index (χ3v) is 3.00. The minimum absolute atomic E-state index is 0.181. The van der Waals surface area contributed by atoms with E-state index in [9.17, 15) is 4.79 Å². The quantitative estimate of drug-likeness (QED) is 0.665. The SMILES string of the molecule is COC(=O)CN(CCCO)C1CCCC1. The lowest BCUT2D eigenvalue weighted by Gasteiger charge is -2.27. The number of hydrogen-bond acceptors (Lipinski definition) is 4. The standard InChI is InChI=1S/C11H21NO3/c1-15-11(14)9-12(7-4-8-13)10-5-2-3-6-10/h10,13H,2-9H2,1H3. The van der Waals surface area contributed by atoms with Gasteiger partial charge in [0, 0.05) is 19.2 Å². The van der Waals surface area contributed by atoms with Gasteiger partial charge in [0.05, 0.1) is 13.7 Å². The van der Waals surface area contributed by atoms with Crippen LogP contribution in [0.4, 0.5) is 0 Å². The lowest BCUT2D eigenvalue weighted by Crippen LogP contribution is -2.39. The zero-order valence-corrected chi connectivity index (χ0v) is 9.45. The summed E-state index contributed by atoms with van der Waals surface area (Å²) in [4.78, 5) is 13.4. The van der Waals surface area contributed by atoms with E-state index >= 15 is 0 Å². The van der Waals surface area contributed by atoms with Crippen molar-refractivity contribution in [1.29, 1.82) is 0 Å². The summed E-state index contributed by atoms with van der Waals surface area (Å²) in [6.45, 7) is 1.34. The molecule has 1 aliphatic carbocycles. The second kappa shape index (κ2) is 6.80. The molecule has 1 fully saturated rings. The molecule has 0 spiro atoms. The van der Waals surface area contributed by atoms with Crippen LogP contribution < -0.4 is 0 Å². The van der Waals surface area contributed by atoms with Crippen LogP contribution in [0.5, 0.6) is 0 Å². The topological polar surface area (TPSA) is 49.8 Å². The van der Waals surface area contributed by atoms with E-state index in [1.807, 2.05) is 0 Å². The van der Waals surface area contributed by atoms with Crippen LogP contribution in [0.25, 0.3) is 0 Å². The summed E-state index contributed by atoms with van der Waals surface area (Å²) in [5.74, 6) is -0.181. The van der Waals surface area contributed by atoms with Gasteiger partial charge in [-0.1, -0.05) is 12.8 Å². The predicted molar refractivity (Wildman–Crippen MR) is 57.5 cm³/mol. The van der Waals surface area contributed by atoms with E-state index in [0.29, 0.717) is 12.6 Å². The molecule has 0 aromatic carbocycles. The van der Waals surface area contributed by atoms with Crippen molar-refractivity contribution < 1.29 is 14.6 Å². The van der Waals surface area contributed by atoms with Gasteiger partial charge in [-0.05, 0) is 19.3 Å². The summed E-state index contributed by atoms with van der Waals surface area (Å²) >= 11 is 0. The number of aliphatic hydroxyl groups excluding tert-OH is 1. The van der Waals surface area contributed by atoms with Crippen molar-refractivity contribution in [3.8, 4) is 0 Å². The Morgan fingerprint density at radius 3 is 2.67 bits per heavy atom. The minimum atomic E-state index is -0.181. The maximum Gasteiger partial charge on any atom is 0.319 e. The largest absolute Gasteiger partial charge is 0.468 e. The summed E-state index contributed by atoms with van der Waals surface area (Å²) < 4.78 is 4.68. The van der Waals surface area contributed by atoms with Crippen LogP contribution in [0.15, 0.2) is 0 Å². The van der Waals surface area contributed by atoms with Gasteiger partial charge >= 0.3 is 5.97 Å². The number of rotatable bonds is 6. The van der Waals surface area contributed by atoms with Crippen molar-refractivity contribution in [1.82, 2.24) is 4.90 Å². The van der Waals surface area contributed by atoms with Crippen molar-refractivity contribution >= 4 is 5.97 Å². The molecule has 0 heterocycles. The fourth-order valence-electron chi connectivity index (χ4n) is 2.16. The van der Waals surface area contributed by atoms with Gasteiger partial charge in [0.15, 0.2) is 0 Å². The van der Waals surface area contributed by atoms with Crippen molar-refractivity contribution in [3.05, 3.63) is 0 Å². The van der Waals surface area contributed by atoms with Gasteiger partial charge in [0.25, 0.3) is 0 Å². The molecule has 0 atom stereocenters. The molecule has 4 nitrogen and oxygen atoms in total. The Morgan fingerprint density at radius 1 is 1.47 bits per heavy atom. The molecule has 0 amide bonds. The fraction of sp³-hybridized carbons (Fsp3) is 0.909. The summed E-state index contributed by atoms with van der Waals surface area (Å²) in [5.41, 5.74) is 0. The molecule has 0 bridgehead atoms. The van der Waals surface area contributed by atoms with Crippen LogP contribution in [0, 0.1) is 0 Å². The number of carbonyl (C=O) groups is 1. The second-order valence-corrected chi connectivity index (χ2v) is 4.06. The van der Waals surface area contributed by atoms with Crippen LogP contribution >= 0.6 is 0 Å². The van der Waals surface area contributed by atoms with E-state index in [-0.39, 0.29) is 12.6 Å². The van der Waals surface area contributed by atoms with Gasteiger partial charge in [-0.3, -0.25) is 9.69 Å². The van der Waals surface area contributed by atoms with Crippen LogP contribution in [0.3, 0.4) is 0 Å². The molecule has 0 aliphatic heterocycles. The number of ether oxygens (including phenoxy) is 1. The molecule has 0 unspecified atom stereocenters. The molecule has 1 rings (SSSR count). The molecule has 1 N–H and O–H groups in total. The Balaban J connectivity index is 2.40. The van der Waals surface area contributed by atoms with Crippen molar-refractivity contribution in [3.63, 3.8) is 0 Å². The minimum Gasteiger partial charge on any atom is -0.468 e. The Kier molecular flexibility index (Phi) is 5.65. The van der Waals surface area contributed by atoms with Gasteiger partial charge in [-0.15, -0.1) is 0 Å². The number of carbonyl (C=O) groups excluding carboxylic acids is 1. The molecule has 0 saturated heterocycles. The summed E-state index contributed by atoms with van der Waals surface area (Å²) in [6, 6.07) is 0.510. The first-order valence-corrected chi connectivity index (χ1v) is 5.69. The third kappa shape index (κ3) is 4.18. The van der Waals surface area contributed by atoms with Gasteiger partial charge in [0.1, 0.15) is 0 Å². The number of hydrogen-bond donors (Lipinski definition) is 1. The summed E-state index contributed by atoms with van der Waals surface area (Å²) in [6.07, 6.45) is 5.57. The van der Waals surface area contributed by atoms with Gasteiger partial charge in [0.2, 0.25) is 0 Å². The Labute approximate surface area is 91.2 Å². The number of methoxy groups -OCH3 is 1. The molecule has 4 heteroatoms. The molecular formula is C11H21NO3. The maximum atomic E-state index is 11.2. The lowest BCUT2D eigenvalue weighted by atomic mass is 10.2. The number of esters is 1. The highest BCUT2D eigenvalue weighted by atomic mass is 16.5. The van der Waals surface area contributed by atoms with Crippen LogP contribution in [-0.4, -0.2) is 48.8 Å². The van der Waals surface area contributed by atoms with E-state index in [0.717, 1.165) is 13.0 Å². The summed E-state index contributed by atoms with van der Waals surface area (Å²) in [7, 11) is 1.42. The van der Waals surface area contributed by atoms with Crippen LogP contribution in [0.1, 0.15) is 32.1 Å². The van der Waals surface area contributed by atoms with Crippen LogP contribution in [-0.2, 0) is 9.53 Å². The number of nitrogens with zero attached hydrogens (tertiary/aromatic N) is 1. The Morgan fingerprint density at radius 2 is 2.13 bits per heavy atom. The number of aliphatic hydroxyl groups is 1. The average Bonchev–Trinajstić information content (AvgIpc) is 2.77. The summed E-state index contributed by atoms with van der Waals surface area (Å²) in [5, 5.41) is 8.81. The Bertz CT molecular complexity index is 190. The van der Waals surface area contributed by atoms with E-state index in [1.165, 1.54) is 32.8 Å². The van der Waals surface area contributed by atoms with Gasteiger partial charge in [-0.2, -0.15) is 0 Å². The first-order chi connectivity index (χ1) is 7.27. The molecule has 0 aromatic heterocycles. The third-order valence-electron chi connectivity index (χ3n) is 3.00. The first-order valence-electron chi connectivity index (χ1n) is 5.69. The predicted octanol–water partition coefficient (Wildman–Crippen LogP) is 0.786. The van der Waals surface area contributed by atoms with E-state index in [4.69, 9.17) is 5.11 Å². The van der Waals surface area contributed by atoms with Crippen molar-refractivity contribution in [2.45, 2.75) is 38.1 Å². The molecule has 15 heavy (non-hydrogen) atoms. The van der Waals surface area contributed by atoms with Gasteiger partial charge in [-0.25, -0.2) is 0 Å². The highest BCUT2D eigenvalue weighted by Crippen LogP contribution is 2.23. The monoisotopic (exact) mass is 215 g/mol. The van der Waals surface area contributed by atoms with Crippen molar-refractivity contribution in [2.24, 2.45) is 0 Å². The molecule has 1 aliphatic rings. The maximum absolute atomic E-state index is 11.2. The second-order valence-electron chi connectivity index (χ2n) is 4.06. The first kappa shape index (κ1) is 12.5. The highest BCUT2D eigenvalue weighted by Gasteiger charge is 2.23. The molecule has 0 aromatic rings. The molecular weight excluding hydrogens is 194 g/mol.